The third-order valence-electron chi connectivity index (χ3n) is 2.98. The van der Waals surface area contributed by atoms with Crippen molar-refractivity contribution in [2.45, 2.75) is 38.8 Å². The smallest absolute Gasteiger partial charge is 0.255 e. The highest BCUT2D eigenvalue weighted by molar-refractivity contribution is 5.75. The molecule has 5 heteroatoms. The summed E-state index contributed by atoms with van der Waals surface area (Å²) in [6.07, 6.45) is 0.871. The van der Waals surface area contributed by atoms with E-state index in [1.165, 1.54) is 0 Å². The van der Waals surface area contributed by atoms with Crippen LogP contribution in [0.3, 0.4) is 0 Å². The maximum Gasteiger partial charge on any atom is 0.255 e. The first-order chi connectivity index (χ1) is 9.32. The number of anilines is 1. The molecule has 1 atom stereocenters. The van der Waals surface area contributed by atoms with Crippen molar-refractivity contribution in [3.05, 3.63) is 24.3 Å². The fourth-order valence-electron chi connectivity index (χ4n) is 1.99. The summed E-state index contributed by atoms with van der Waals surface area (Å²) in [4.78, 5) is 10.7. The van der Waals surface area contributed by atoms with Crippen LogP contribution in [0.2, 0.25) is 0 Å². The summed E-state index contributed by atoms with van der Waals surface area (Å²) in [5, 5.41) is 3.38. The Hall–Kier alpha value is -1.75. The lowest BCUT2D eigenvalue weighted by molar-refractivity contribution is -0.119. The summed E-state index contributed by atoms with van der Waals surface area (Å²) in [6, 6.07) is 7.70. The summed E-state index contributed by atoms with van der Waals surface area (Å²) in [7, 11) is 1.71. The van der Waals surface area contributed by atoms with Crippen LogP contribution in [0.15, 0.2) is 24.3 Å². The number of hydrogen-bond acceptors (Lipinski definition) is 4. The van der Waals surface area contributed by atoms with Gasteiger partial charge in [-0.2, -0.15) is 0 Å². The lowest BCUT2D eigenvalue weighted by Gasteiger charge is -2.27. The SMILES string of the molecule is COC(C)(C)CC(C)Nc1cccc(OCC(N)=O)c1. The summed E-state index contributed by atoms with van der Waals surface area (Å²) < 4.78 is 10.7. The van der Waals surface area contributed by atoms with Crippen molar-refractivity contribution in [2.24, 2.45) is 5.73 Å². The highest BCUT2D eigenvalue weighted by Crippen LogP contribution is 2.21. The molecular formula is C15H24N2O3. The van der Waals surface area contributed by atoms with Crippen LogP contribution in [0.1, 0.15) is 27.2 Å². The lowest BCUT2D eigenvalue weighted by Crippen LogP contribution is -2.31. The Morgan fingerprint density at radius 1 is 1.45 bits per heavy atom. The van der Waals surface area contributed by atoms with Crippen molar-refractivity contribution in [3.63, 3.8) is 0 Å². The molecule has 0 aliphatic heterocycles. The molecule has 0 aromatic heterocycles. The second kappa shape index (κ2) is 7.14. The molecule has 0 bridgehead atoms. The van der Waals surface area contributed by atoms with Crippen LogP contribution in [-0.2, 0) is 9.53 Å². The normalized spacial score (nSPS) is 12.8. The topological polar surface area (TPSA) is 73.6 Å². The van der Waals surface area contributed by atoms with Gasteiger partial charge in [-0.25, -0.2) is 0 Å². The molecule has 0 fully saturated rings. The molecule has 0 heterocycles. The third-order valence-corrected chi connectivity index (χ3v) is 2.98. The van der Waals surface area contributed by atoms with Gasteiger partial charge in [0.15, 0.2) is 6.61 Å². The number of amides is 1. The first-order valence-corrected chi connectivity index (χ1v) is 6.65. The summed E-state index contributed by atoms with van der Waals surface area (Å²) >= 11 is 0. The van der Waals surface area contributed by atoms with E-state index in [-0.39, 0.29) is 18.2 Å². The molecule has 0 aliphatic carbocycles. The van der Waals surface area contributed by atoms with Crippen LogP contribution in [0.25, 0.3) is 0 Å². The Morgan fingerprint density at radius 2 is 2.15 bits per heavy atom. The van der Waals surface area contributed by atoms with E-state index >= 15 is 0 Å². The number of nitrogens with two attached hydrogens (primary N) is 1. The minimum atomic E-state index is -0.487. The summed E-state index contributed by atoms with van der Waals surface area (Å²) in [5.41, 5.74) is 5.81. The van der Waals surface area contributed by atoms with E-state index in [9.17, 15) is 4.79 Å². The molecule has 20 heavy (non-hydrogen) atoms. The maximum atomic E-state index is 10.7. The molecule has 5 nitrogen and oxygen atoms in total. The van der Waals surface area contributed by atoms with Gasteiger partial charge in [0.2, 0.25) is 0 Å². The van der Waals surface area contributed by atoms with Gasteiger partial charge in [0.1, 0.15) is 5.75 Å². The standard InChI is InChI=1S/C15H24N2O3/c1-11(9-15(2,3)19-4)17-12-6-5-7-13(8-12)20-10-14(16)18/h5-8,11,17H,9-10H2,1-4H3,(H2,16,18). The number of carbonyl (C=O) groups is 1. The maximum absolute atomic E-state index is 10.7. The number of primary amides is 1. The van der Waals surface area contributed by atoms with Gasteiger partial charge >= 0.3 is 0 Å². The highest BCUT2D eigenvalue weighted by Gasteiger charge is 2.20. The van der Waals surface area contributed by atoms with Crippen LogP contribution in [0, 0.1) is 0 Å². The quantitative estimate of drug-likeness (QED) is 0.765. The Morgan fingerprint density at radius 3 is 2.75 bits per heavy atom. The van der Waals surface area contributed by atoms with Crippen molar-refractivity contribution in [2.75, 3.05) is 19.0 Å². The number of benzene rings is 1. The average Bonchev–Trinajstić information content (AvgIpc) is 2.36. The van der Waals surface area contributed by atoms with Crippen molar-refractivity contribution in [1.82, 2.24) is 0 Å². The third kappa shape index (κ3) is 5.93. The number of methoxy groups -OCH3 is 1. The first-order valence-electron chi connectivity index (χ1n) is 6.65. The van der Waals surface area contributed by atoms with Crippen molar-refractivity contribution < 1.29 is 14.3 Å². The molecule has 3 N–H and O–H groups in total. The zero-order chi connectivity index (χ0) is 15.2. The minimum absolute atomic E-state index is 0.115. The van der Waals surface area contributed by atoms with Gasteiger partial charge in [-0.1, -0.05) is 6.07 Å². The second-order valence-corrected chi connectivity index (χ2v) is 5.50. The van der Waals surface area contributed by atoms with E-state index in [2.05, 4.69) is 26.1 Å². The largest absolute Gasteiger partial charge is 0.484 e. The van der Waals surface area contributed by atoms with E-state index in [0.717, 1.165) is 12.1 Å². The predicted molar refractivity (Wildman–Crippen MR) is 79.9 cm³/mol. The fourth-order valence-corrected chi connectivity index (χ4v) is 1.99. The van der Waals surface area contributed by atoms with Gasteiger partial charge in [-0.05, 0) is 39.3 Å². The van der Waals surface area contributed by atoms with Gasteiger partial charge in [-0.3, -0.25) is 4.79 Å². The molecule has 0 aliphatic rings. The fraction of sp³-hybridized carbons (Fsp3) is 0.533. The zero-order valence-electron chi connectivity index (χ0n) is 12.6. The monoisotopic (exact) mass is 280 g/mol. The number of nitrogens with one attached hydrogen (secondary N) is 1. The van der Waals surface area contributed by atoms with E-state index in [4.69, 9.17) is 15.2 Å². The molecule has 1 aromatic rings. The van der Waals surface area contributed by atoms with Crippen molar-refractivity contribution in [3.8, 4) is 5.75 Å². The number of ether oxygens (including phenoxy) is 2. The summed E-state index contributed by atoms with van der Waals surface area (Å²) in [5.74, 6) is 0.130. The first kappa shape index (κ1) is 16.3. The molecule has 0 saturated heterocycles. The molecule has 1 amide bonds. The molecule has 0 spiro atoms. The van der Waals surface area contributed by atoms with E-state index in [1.54, 1.807) is 13.2 Å². The van der Waals surface area contributed by atoms with Crippen LogP contribution < -0.4 is 15.8 Å². The molecule has 0 saturated carbocycles. The predicted octanol–water partition coefficient (Wildman–Crippen LogP) is 2.17. The minimum Gasteiger partial charge on any atom is -0.484 e. The van der Waals surface area contributed by atoms with Crippen LogP contribution >= 0.6 is 0 Å². The zero-order valence-corrected chi connectivity index (χ0v) is 12.6. The van der Waals surface area contributed by atoms with E-state index in [1.807, 2.05) is 18.2 Å². The molecule has 0 radical (unpaired) electrons. The molecule has 112 valence electrons. The molecule has 1 rings (SSSR count). The van der Waals surface area contributed by atoms with E-state index in [0.29, 0.717) is 5.75 Å². The molecule has 1 aromatic carbocycles. The van der Waals surface area contributed by atoms with Gasteiger partial charge in [0.25, 0.3) is 5.91 Å². The summed E-state index contributed by atoms with van der Waals surface area (Å²) in [6.45, 7) is 6.09. The molecule has 1 unspecified atom stereocenters. The van der Waals surface area contributed by atoms with Gasteiger partial charge in [0, 0.05) is 24.9 Å². The second-order valence-electron chi connectivity index (χ2n) is 5.50. The van der Waals surface area contributed by atoms with Gasteiger partial charge in [-0.15, -0.1) is 0 Å². The lowest BCUT2D eigenvalue weighted by atomic mass is 10.00. The number of rotatable bonds is 8. The Kier molecular flexibility index (Phi) is 5.82. The highest BCUT2D eigenvalue weighted by atomic mass is 16.5. The van der Waals surface area contributed by atoms with Gasteiger partial charge < -0.3 is 20.5 Å². The Bertz CT molecular complexity index is 446. The Labute approximate surface area is 120 Å². The Balaban J connectivity index is 2.59. The van der Waals surface area contributed by atoms with Crippen LogP contribution in [0.4, 0.5) is 5.69 Å². The number of carbonyl (C=O) groups excluding carboxylic acids is 1. The van der Waals surface area contributed by atoms with Gasteiger partial charge in [0.05, 0.1) is 5.60 Å². The van der Waals surface area contributed by atoms with E-state index < -0.39 is 5.91 Å². The number of hydrogen-bond donors (Lipinski definition) is 2. The van der Waals surface area contributed by atoms with Crippen LogP contribution in [-0.4, -0.2) is 31.3 Å². The average molecular weight is 280 g/mol. The molecular weight excluding hydrogens is 256 g/mol. The van der Waals surface area contributed by atoms with Crippen molar-refractivity contribution in [1.29, 1.82) is 0 Å². The van der Waals surface area contributed by atoms with Crippen LogP contribution in [0.5, 0.6) is 5.75 Å². The van der Waals surface area contributed by atoms with Crippen molar-refractivity contribution >= 4 is 11.6 Å².